The summed E-state index contributed by atoms with van der Waals surface area (Å²) in [5, 5.41) is 0. The quantitative estimate of drug-likeness (QED) is 0.498. The average Bonchev–Trinajstić information content (AvgIpc) is 2.34. The van der Waals surface area contributed by atoms with Crippen LogP contribution in [0.25, 0.3) is 0 Å². The summed E-state index contributed by atoms with van der Waals surface area (Å²) in [6.45, 7) is 1.66. The van der Waals surface area contributed by atoms with Crippen molar-refractivity contribution in [3.63, 3.8) is 0 Å². The molecule has 1 rings (SSSR count). The Labute approximate surface area is 117 Å². The molecule has 120 valence electrons. The van der Waals surface area contributed by atoms with Gasteiger partial charge in [-0.2, -0.15) is 26.3 Å². The normalized spacial score (nSPS) is 14.3. The molecule has 1 atom stereocenters. The van der Waals surface area contributed by atoms with Crippen LogP contribution in [0.4, 0.5) is 26.3 Å². The number of rotatable bonds is 5. The van der Waals surface area contributed by atoms with Crippen molar-refractivity contribution >= 4 is 0 Å². The van der Waals surface area contributed by atoms with Gasteiger partial charge in [-0.25, -0.2) is 0 Å². The third-order valence-electron chi connectivity index (χ3n) is 2.77. The van der Waals surface area contributed by atoms with Crippen LogP contribution in [0.2, 0.25) is 0 Å². The zero-order valence-corrected chi connectivity index (χ0v) is 10.9. The maximum Gasteiger partial charge on any atom is 0.402 e. The lowest BCUT2D eigenvalue weighted by Crippen LogP contribution is -2.47. The summed E-state index contributed by atoms with van der Waals surface area (Å²) in [6, 6.07) is 2.95. The van der Waals surface area contributed by atoms with E-state index in [1.165, 1.54) is 18.2 Å². The van der Waals surface area contributed by atoms with Crippen LogP contribution < -0.4 is 16.0 Å². The van der Waals surface area contributed by atoms with Gasteiger partial charge in [0.05, 0.1) is 12.6 Å². The van der Waals surface area contributed by atoms with E-state index < -0.39 is 24.3 Å². The van der Waals surface area contributed by atoms with Gasteiger partial charge in [0.15, 0.2) is 5.92 Å². The number of alkyl halides is 6. The van der Waals surface area contributed by atoms with Crippen LogP contribution in [0.3, 0.4) is 0 Å². The lowest BCUT2D eigenvalue weighted by atomic mass is 9.91. The second kappa shape index (κ2) is 6.52. The van der Waals surface area contributed by atoms with Gasteiger partial charge in [0.2, 0.25) is 0 Å². The Kier molecular flexibility index (Phi) is 5.46. The van der Waals surface area contributed by atoms with Crippen molar-refractivity contribution < 1.29 is 31.1 Å². The predicted molar refractivity (Wildman–Crippen MR) is 63.3 cm³/mol. The van der Waals surface area contributed by atoms with E-state index in [2.05, 4.69) is 0 Å². The molecule has 0 aliphatic heterocycles. The number of halogens is 6. The summed E-state index contributed by atoms with van der Waals surface area (Å²) in [4.78, 5) is 0. The van der Waals surface area contributed by atoms with Crippen molar-refractivity contribution in [2.45, 2.75) is 25.3 Å². The number of benzene rings is 1. The molecule has 1 unspecified atom stereocenters. The first-order valence-electron chi connectivity index (χ1n) is 5.94. The maximum absolute atomic E-state index is 12.8. The molecule has 0 bridgehead atoms. The van der Waals surface area contributed by atoms with Gasteiger partial charge in [-0.05, 0) is 13.0 Å². The highest BCUT2D eigenvalue weighted by molar-refractivity contribution is 5.36. The second-order valence-corrected chi connectivity index (χ2v) is 4.18. The van der Waals surface area contributed by atoms with E-state index in [9.17, 15) is 26.3 Å². The van der Waals surface area contributed by atoms with E-state index in [-0.39, 0.29) is 17.9 Å². The summed E-state index contributed by atoms with van der Waals surface area (Å²) in [7, 11) is 0. The summed E-state index contributed by atoms with van der Waals surface area (Å²) in [6.07, 6.45) is -11.0. The Morgan fingerprint density at radius 1 is 1.10 bits per heavy atom. The number of ether oxygens (including phenoxy) is 1. The fraction of sp³-hybridized carbons (Fsp3) is 0.500. The second-order valence-electron chi connectivity index (χ2n) is 4.18. The highest BCUT2D eigenvalue weighted by atomic mass is 19.4. The number of hydrogen-bond donors (Lipinski definition) is 2. The summed E-state index contributed by atoms with van der Waals surface area (Å²) >= 11 is 0. The molecule has 0 aliphatic rings. The molecule has 21 heavy (non-hydrogen) atoms. The van der Waals surface area contributed by atoms with Crippen molar-refractivity contribution in [2.24, 2.45) is 11.8 Å². The van der Waals surface area contributed by atoms with Crippen LogP contribution in [0, 0.1) is 5.92 Å². The Morgan fingerprint density at radius 2 is 1.62 bits per heavy atom. The molecule has 0 amide bonds. The minimum atomic E-state index is -5.51. The number of nitrogens with two attached hydrogens (primary N) is 1. The van der Waals surface area contributed by atoms with Crippen LogP contribution >= 0.6 is 0 Å². The standard InChI is InChI=1S/C12H14F6N2O/c1-2-21-8-6-4-3-5-7(8)9(20-19)10(11(13,14)15)12(16,17)18/h3-6,9-10,20H,2,19H2,1H3. The summed E-state index contributed by atoms with van der Waals surface area (Å²) in [5.74, 6) is 1.23. The topological polar surface area (TPSA) is 47.3 Å². The molecule has 0 saturated heterocycles. The Morgan fingerprint density at radius 3 is 2.05 bits per heavy atom. The molecule has 3 nitrogen and oxygen atoms in total. The molecule has 1 aromatic carbocycles. The van der Waals surface area contributed by atoms with Crippen molar-refractivity contribution in [1.82, 2.24) is 5.43 Å². The Hall–Kier alpha value is -1.48. The fourth-order valence-electron chi connectivity index (χ4n) is 1.95. The van der Waals surface area contributed by atoms with Gasteiger partial charge in [0.25, 0.3) is 0 Å². The summed E-state index contributed by atoms with van der Waals surface area (Å²) < 4.78 is 81.9. The number of para-hydroxylation sites is 1. The lowest BCUT2D eigenvalue weighted by molar-refractivity contribution is -0.293. The predicted octanol–water partition coefficient (Wildman–Crippen LogP) is 3.33. The van der Waals surface area contributed by atoms with Crippen LogP contribution in [-0.2, 0) is 0 Å². The largest absolute Gasteiger partial charge is 0.494 e. The minimum absolute atomic E-state index is 0.0820. The van der Waals surface area contributed by atoms with Crippen LogP contribution in [0.1, 0.15) is 18.5 Å². The van der Waals surface area contributed by atoms with E-state index in [1.54, 1.807) is 12.3 Å². The third-order valence-corrected chi connectivity index (χ3v) is 2.77. The van der Waals surface area contributed by atoms with E-state index in [1.807, 2.05) is 0 Å². The average molecular weight is 316 g/mol. The molecule has 9 heteroatoms. The van der Waals surface area contributed by atoms with Gasteiger partial charge in [0.1, 0.15) is 5.75 Å². The first kappa shape index (κ1) is 17.6. The minimum Gasteiger partial charge on any atom is -0.494 e. The summed E-state index contributed by atoms with van der Waals surface area (Å²) in [5.41, 5.74) is 1.31. The molecule has 0 fully saturated rings. The van der Waals surface area contributed by atoms with E-state index in [0.29, 0.717) is 0 Å². The molecule has 1 aromatic rings. The Bertz CT molecular complexity index is 446. The number of hydrazine groups is 1. The highest BCUT2D eigenvalue weighted by Gasteiger charge is 2.60. The van der Waals surface area contributed by atoms with Gasteiger partial charge in [0, 0.05) is 5.56 Å². The SMILES string of the molecule is CCOc1ccccc1C(NN)C(C(F)(F)F)C(F)(F)F. The Balaban J connectivity index is 3.34. The van der Waals surface area contributed by atoms with Gasteiger partial charge < -0.3 is 4.74 Å². The van der Waals surface area contributed by atoms with Crippen molar-refractivity contribution in [3.05, 3.63) is 29.8 Å². The molecule has 0 aliphatic carbocycles. The van der Waals surface area contributed by atoms with Gasteiger partial charge in [-0.3, -0.25) is 11.3 Å². The number of hydrogen-bond acceptors (Lipinski definition) is 3. The smallest absolute Gasteiger partial charge is 0.402 e. The van der Waals surface area contributed by atoms with Crippen molar-refractivity contribution in [2.75, 3.05) is 6.61 Å². The molecular formula is C12H14F6N2O. The van der Waals surface area contributed by atoms with Gasteiger partial charge in [-0.15, -0.1) is 0 Å². The van der Waals surface area contributed by atoms with Crippen molar-refractivity contribution in [1.29, 1.82) is 0 Å². The van der Waals surface area contributed by atoms with Crippen molar-refractivity contribution in [3.8, 4) is 5.75 Å². The molecule has 0 saturated carbocycles. The molecule has 0 radical (unpaired) electrons. The zero-order chi connectivity index (χ0) is 16.3. The van der Waals surface area contributed by atoms with Gasteiger partial charge >= 0.3 is 12.4 Å². The van der Waals surface area contributed by atoms with E-state index in [4.69, 9.17) is 10.6 Å². The first-order valence-corrected chi connectivity index (χ1v) is 5.94. The van der Waals surface area contributed by atoms with Gasteiger partial charge in [-0.1, -0.05) is 18.2 Å². The third kappa shape index (κ3) is 4.24. The molecule has 0 spiro atoms. The maximum atomic E-state index is 12.8. The van der Waals surface area contributed by atoms with E-state index >= 15 is 0 Å². The first-order chi connectivity index (χ1) is 9.62. The van der Waals surface area contributed by atoms with Crippen LogP contribution in [0.15, 0.2) is 24.3 Å². The molecular weight excluding hydrogens is 302 g/mol. The molecule has 0 aromatic heterocycles. The molecule has 3 N–H and O–H groups in total. The highest BCUT2D eigenvalue weighted by Crippen LogP contribution is 2.47. The monoisotopic (exact) mass is 316 g/mol. The lowest BCUT2D eigenvalue weighted by Gasteiger charge is -2.31. The van der Waals surface area contributed by atoms with Crippen LogP contribution in [-0.4, -0.2) is 19.0 Å². The van der Waals surface area contributed by atoms with E-state index in [0.717, 1.165) is 6.07 Å². The van der Waals surface area contributed by atoms with Crippen LogP contribution in [0.5, 0.6) is 5.75 Å². The zero-order valence-electron chi connectivity index (χ0n) is 10.9. The molecule has 0 heterocycles. The number of nitrogens with one attached hydrogen (secondary N) is 1. The fourth-order valence-corrected chi connectivity index (χ4v) is 1.95.